The van der Waals surface area contributed by atoms with Crippen molar-refractivity contribution in [1.29, 1.82) is 0 Å². The summed E-state index contributed by atoms with van der Waals surface area (Å²) >= 11 is 0. The maximum Gasteiger partial charge on any atom is 0.258 e. The van der Waals surface area contributed by atoms with E-state index in [0.29, 0.717) is 30.2 Å². The molecule has 3 aromatic rings. The molecule has 1 fully saturated rings. The summed E-state index contributed by atoms with van der Waals surface area (Å²) in [5.74, 6) is 1.05. The first-order valence-corrected chi connectivity index (χ1v) is 12.5. The van der Waals surface area contributed by atoms with Gasteiger partial charge in [-0.05, 0) is 67.4 Å². The first-order valence-electron chi connectivity index (χ1n) is 12.5. The molecule has 0 spiro atoms. The number of carbonyl (C=O) groups is 2. The van der Waals surface area contributed by atoms with Gasteiger partial charge < -0.3 is 24.6 Å². The van der Waals surface area contributed by atoms with Crippen LogP contribution < -0.4 is 19.7 Å². The Hall–Kier alpha value is -3.84. The second-order valence-corrected chi connectivity index (χ2v) is 9.19. The van der Waals surface area contributed by atoms with E-state index in [-0.39, 0.29) is 25.0 Å². The van der Waals surface area contributed by atoms with Crippen LogP contribution in [0.4, 0.5) is 5.69 Å². The van der Waals surface area contributed by atoms with Crippen LogP contribution in [-0.2, 0) is 17.8 Å². The number of anilines is 1. The summed E-state index contributed by atoms with van der Waals surface area (Å²) in [6, 6.07) is 22.8. The molecule has 0 saturated carbocycles. The number of amides is 2. The molecule has 0 radical (unpaired) electrons. The molecule has 1 N–H and O–H groups in total. The molecule has 0 aromatic heterocycles. The summed E-state index contributed by atoms with van der Waals surface area (Å²) in [6.07, 6.45) is 2.75. The maximum absolute atomic E-state index is 13.7. The Kier molecular flexibility index (Phi) is 7.47. The normalized spacial score (nSPS) is 14.6. The summed E-state index contributed by atoms with van der Waals surface area (Å²) in [4.78, 5) is 30.4. The van der Waals surface area contributed by atoms with Crippen molar-refractivity contribution in [2.24, 2.45) is 0 Å². The third-order valence-electron chi connectivity index (χ3n) is 6.58. The number of rotatable bonds is 9. The molecular formula is C29H31N3O4. The number of hydrogen-bond donors (Lipinski definition) is 1. The van der Waals surface area contributed by atoms with Crippen LogP contribution in [0, 0.1) is 0 Å². The highest BCUT2D eigenvalue weighted by Crippen LogP contribution is 2.33. The molecular weight excluding hydrogens is 454 g/mol. The van der Waals surface area contributed by atoms with Crippen LogP contribution in [0.15, 0.2) is 72.8 Å². The van der Waals surface area contributed by atoms with Gasteiger partial charge in [0.2, 0.25) is 12.7 Å². The molecule has 2 aliphatic heterocycles. The average molecular weight is 486 g/mol. The monoisotopic (exact) mass is 485 g/mol. The summed E-state index contributed by atoms with van der Waals surface area (Å²) in [5, 5.41) is 3.03. The van der Waals surface area contributed by atoms with Gasteiger partial charge in [0.05, 0.1) is 13.0 Å². The number of fused-ring (bicyclic) bond motifs is 1. The molecule has 7 nitrogen and oxygen atoms in total. The zero-order chi connectivity index (χ0) is 24.7. The van der Waals surface area contributed by atoms with Gasteiger partial charge in [-0.25, -0.2) is 0 Å². The van der Waals surface area contributed by atoms with Crippen molar-refractivity contribution in [3.05, 3.63) is 89.5 Å². The van der Waals surface area contributed by atoms with Gasteiger partial charge in [0.25, 0.3) is 5.91 Å². The van der Waals surface area contributed by atoms with E-state index in [9.17, 15) is 9.59 Å². The summed E-state index contributed by atoms with van der Waals surface area (Å²) < 4.78 is 10.9. The van der Waals surface area contributed by atoms with Gasteiger partial charge in [-0.2, -0.15) is 0 Å². The zero-order valence-electron chi connectivity index (χ0n) is 20.3. The molecule has 2 heterocycles. The maximum atomic E-state index is 13.7. The van der Waals surface area contributed by atoms with E-state index in [4.69, 9.17) is 9.47 Å². The Morgan fingerprint density at radius 3 is 2.47 bits per heavy atom. The minimum Gasteiger partial charge on any atom is -0.454 e. The van der Waals surface area contributed by atoms with Gasteiger partial charge in [0, 0.05) is 24.3 Å². The Morgan fingerprint density at radius 1 is 0.861 bits per heavy atom. The molecule has 3 aromatic carbocycles. The van der Waals surface area contributed by atoms with Crippen LogP contribution in [0.25, 0.3) is 0 Å². The van der Waals surface area contributed by atoms with Crippen molar-refractivity contribution in [1.82, 2.24) is 10.2 Å². The molecule has 0 atom stereocenters. The second kappa shape index (κ2) is 11.3. The summed E-state index contributed by atoms with van der Waals surface area (Å²) in [7, 11) is 0. The van der Waals surface area contributed by atoms with Gasteiger partial charge in [-0.3, -0.25) is 9.59 Å². The van der Waals surface area contributed by atoms with Crippen LogP contribution in [-0.4, -0.2) is 49.7 Å². The zero-order valence-corrected chi connectivity index (χ0v) is 20.3. The van der Waals surface area contributed by atoms with Crippen molar-refractivity contribution in [2.75, 3.05) is 37.9 Å². The Bertz CT molecular complexity index is 1210. The Morgan fingerprint density at radius 2 is 1.64 bits per heavy atom. The fraction of sp³-hybridized carbons (Fsp3) is 0.310. The van der Waals surface area contributed by atoms with Crippen molar-refractivity contribution in [3.63, 3.8) is 0 Å². The molecule has 186 valence electrons. The highest BCUT2D eigenvalue weighted by Gasteiger charge is 2.22. The van der Waals surface area contributed by atoms with Gasteiger partial charge in [-0.15, -0.1) is 0 Å². The largest absolute Gasteiger partial charge is 0.454 e. The van der Waals surface area contributed by atoms with E-state index in [1.54, 1.807) is 23.1 Å². The molecule has 1 saturated heterocycles. The van der Waals surface area contributed by atoms with Crippen molar-refractivity contribution in [2.45, 2.75) is 25.8 Å². The van der Waals surface area contributed by atoms with E-state index in [2.05, 4.69) is 10.2 Å². The van der Waals surface area contributed by atoms with Crippen LogP contribution in [0.1, 0.15) is 34.3 Å². The standard InChI is InChI=1S/C29H31N3O4/c33-28(30-13-16-31-14-4-5-15-31)18-23-9-6-10-25(17-23)32(20-22-7-2-1-3-8-22)29(34)24-11-12-26-27(19-24)36-21-35-26/h1-3,6-12,17,19H,4-5,13-16,18,20-21H2,(H,30,33). The highest BCUT2D eigenvalue weighted by molar-refractivity contribution is 6.06. The second-order valence-electron chi connectivity index (χ2n) is 9.19. The molecule has 0 aliphatic carbocycles. The lowest BCUT2D eigenvalue weighted by molar-refractivity contribution is -0.120. The summed E-state index contributed by atoms with van der Waals surface area (Å²) in [6.45, 7) is 4.34. The van der Waals surface area contributed by atoms with Gasteiger partial charge in [-0.1, -0.05) is 42.5 Å². The lowest BCUT2D eigenvalue weighted by Gasteiger charge is -2.24. The number of carbonyl (C=O) groups excluding carboxylic acids is 2. The van der Waals surface area contributed by atoms with Crippen molar-refractivity contribution >= 4 is 17.5 Å². The van der Waals surface area contributed by atoms with E-state index in [1.165, 1.54) is 12.8 Å². The van der Waals surface area contributed by atoms with E-state index >= 15 is 0 Å². The number of nitrogens with one attached hydrogen (secondary N) is 1. The average Bonchev–Trinajstić information content (AvgIpc) is 3.59. The molecule has 36 heavy (non-hydrogen) atoms. The third kappa shape index (κ3) is 5.86. The first kappa shape index (κ1) is 23.9. The van der Waals surface area contributed by atoms with Gasteiger partial charge in [0.15, 0.2) is 11.5 Å². The van der Waals surface area contributed by atoms with Crippen molar-refractivity contribution < 1.29 is 19.1 Å². The summed E-state index contributed by atoms with van der Waals surface area (Å²) in [5.41, 5.74) is 3.13. The predicted octanol–water partition coefficient (Wildman–Crippen LogP) is 4.02. The van der Waals surface area contributed by atoms with E-state index in [0.717, 1.165) is 36.4 Å². The van der Waals surface area contributed by atoms with Crippen LogP contribution >= 0.6 is 0 Å². The SMILES string of the molecule is O=C(Cc1cccc(N(Cc2ccccc2)C(=O)c2ccc3c(c2)OCO3)c1)NCCN1CCCC1. The lowest BCUT2D eigenvalue weighted by atomic mass is 10.1. The van der Waals surface area contributed by atoms with E-state index in [1.807, 2.05) is 54.6 Å². The number of likely N-dealkylation sites (tertiary alicyclic amines) is 1. The van der Waals surface area contributed by atoms with E-state index < -0.39 is 0 Å². The third-order valence-corrected chi connectivity index (χ3v) is 6.58. The smallest absolute Gasteiger partial charge is 0.258 e. The van der Waals surface area contributed by atoms with Crippen LogP contribution in [0.3, 0.4) is 0 Å². The molecule has 5 rings (SSSR count). The molecule has 0 bridgehead atoms. The highest BCUT2D eigenvalue weighted by atomic mass is 16.7. The minimum absolute atomic E-state index is 0.0111. The number of nitrogens with zero attached hydrogens (tertiary/aromatic N) is 2. The predicted molar refractivity (Wildman–Crippen MR) is 138 cm³/mol. The van der Waals surface area contributed by atoms with Crippen LogP contribution in [0.5, 0.6) is 11.5 Å². The Balaban J connectivity index is 1.32. The molecule has 7 heteroatoms. The quantitative estimate of drug-likeness (QED) is 0.496. The lowest BCUT2D eigenvalue weighted by Crippen LogP contribution is -2.34. The number of hydrogen-bond acceptors (Lipinski definition) is 5. The van der Waals surface area contributed by atoms with Crippen LogP contribution in [0.2, 0.25) is 0 Å². The number of benzene rings is 3. The molecule has 0 unspecified atom stereocenters. The minimum atomic E-state index is -0.149. The Labute approximate surface area is 211 Å². The van der Waals surface area contributed by atoms with Crippen molar-refractivity contribution in [3.8, 4) is 11.5 Å². The molecule has 2 aliphatic rings. The fourth-order valence-electron chi connectivity index (χ4n) is 4.67. The van der Waals surface area contributed by atoms with Gasteiger partial charge >= 0.3 is 0 Å². The fourth-order valence-corrected chi connectivity index (χ4v) is 4.67. The topological polar surface area (TPSA) is 71.1 Å². The molecule has 2 amide bonds. The van der Waals surface area contributed by atoms with Gasteiger partial charge in [0.1, 0.15) is 0 Å². The first-order chi connectivity index (χ1) is 17.7. The number of ether oxygens (including phenoxy) is 2.